The first kappa shape index (κ1) is 18.5. The Hall–Kier alpha value is -2.27. The minimum Gasteiger partial charge on any atom is -0.493 e. The normalized spacial score (nSPS) is 12.0. The van der Waals surface area contributed by atoms with Gasteiger partial charge in [-0.05, 0) is 46.2 Å². The van der Waals surface area contributed by atoms with Gasteiger partial charge in [0.25, 0.3) is 0 Å². The van der Waals surface area contributed by atoms with Crippen LogP contribution in [-0.4, -0.2) is 35.9 Å². The highest BCUT2D eigenvalue weighted by atomic mass is 16.5. The Kier molecular flexibility index (Phi) is 5.37. The number of aromatic nitrogens is 2. The van der Waals surface area contributed by atoms with Crippen molar-refractivity contribution in [1.29, 1.82) is 0 Å². The number of benzene rings is 1. The van der Waals surface area contributed by atoms with Gasteiger partial charge in [0.2, 0.25) is 0 Å². The van der Waals surface area contributed by atoms with Gasteiger partial charge >= 0.3 is 0 Å². The average Bonchev–Trinajstić information content (AvgIpc) is 2.99. The highest BCUT2D eigenvalue weighted by Crippen LogP contribution is 2.38. The number of aromatic amines is 1. The van der Waals surface area contributed by atoms with Crippen LogP contribution < -0.4 is 9.47 Å². The largest absolute Gasteiger partial charge is 0.493 e. The highest BCUT2D eigenvalue weighted by Gasteiger charge is 2.21. The lowest BCUT2D eigenvalue weighted by Crippen LogP contribution is -2.27. The predicted molar refractivity (Wildman–Crippen MR) is 105 cm³/mol. The summed E-state index contributed by atoms with van der Waals surface area (Å²) in [6.07, 6.45) is 3.26. The van der Waals surface area contributed by atoms with Crippen LogP contribution in [-0.2, 0) is 11.2 Å². The highest BCUT2D eigenvalue weighted by molar-refractivity contribution is 6.09. The van der Waals surface area contributed by atoms with Gasteiger partial charge < -0.3 is 19.2 Å². The molecule has 139 valence electrons. The molecule has 0 fully saturated rings. The van der Waals surface area contributed by atoms with Crippen LogP contribution >= 0.6 is 0 Å². The molecule has 0 saturated carbocycles. The van der Waals surface area contributed by atoms with Gasteiger partial charge in [-0.3, -0.25) is 4.98 Å². The zero-order valence-corrected chi connectivity index (χ0v) is 16.0. The number of pyridine rings is 1. The summed E-state index contributed by atoms with van der Waals surface area (Å²) >= 11 is 0. The van der Waals surface area contributed by atoms with Crippen LogP contribution in [0.25, 0.3) is 21.8 Å². The van der Waals surface area contributed by atoms with Gasteiger partial charge in [-0.15, -0.1) is 0 Å². The molecule has 0 aliphatic heterocycles. The summed E-state index contributed by atoms with van der Waals surface area (Å²) in [5, 5.41) is 2.19. The summed E-state index contributed by atoms with van der Waals surface area (Å²) in [5.41, 5.74) is 2.71. The lowest BCUT2D eigenvalue weighted by Gasteiger charge is -2.26. The van der Waals surface area contributed by atoms with E-state index in [2.05, 4.69) is 16.9 Å². The Bertz CT molecular complexity index is 899. The molecule has 0 aliphatic rings. The van der Waals surface area contributed by atoms with Gasteiger partial charge in [-0.25, -0.2) is 0 Å². The van der Waals surface area contributed by atoms with E-state index >= 15 is 0 Å². The molecule has 5 heteroatoms. The number of ether oxygens (including phenoxy) is 3. The molecule has 5 nitrogen and oxygen atoms in total. The maximum Gasteiger partial charge on any atom is 0.164 e. The number of H-pyrrole nitrogens is 1. The molecular formula is C21H27N2O3. The summed E-state index contributed by atoms with van der Waals surface area (Å²) in [7, 11) is 1.66. The molecule has 26 heavy (non-hydrogen) atoms. The molecule has 2 heterocycles. The van der Waals surface area contributed by atoms with E-state index in [0.717, 1.165) is 33.9 Å². The second kappa shape index (κ2) is 7.54. The van der Waals surface area contributed by atoms with Gasteiger partial charge in [-0.2, -0.15) is 0 Å². The molecule has 0 amide bonds. The van der Waals surface area contributed by atoms with Crippen LogP contribution in [0.5, 0.6) is 11.5 Å². The van der Waals surface area contributed by atoms with E-state index < -0.39 is 0 Å². The van der Waals surface area contributed by atoms with Crippen LogP contribution in [0.1, 0.15) is 32.9 Å². The maximum absolute atomic E-state index is 6.14. The van der Waals surface area contributed by atoms with Gasteiger partial charge in [-0.1, -0.05) is 0 Å². The van der Waals surface area contributed by atoms with E-state index in [1.54, 1.807) is 7.11 Å². The van der Waals surface area contributed by atoms with E-state index in [0.29, 0.717) is 31.1 Å². The fourth-order valence-electron chi connectivity index (χ4n) is 3.02. The second-order valence-corrected chi connectivity index (χ2v) is 6.91. The third kappa shape index (κ3) is 3.63. The number of methoxy groups -OCH3 is 1. The van der Waals surface area contributed by atoms with Gasteiger partial charge in [0.05, 0.1) is 24.9 Å². The Balaban J connectivity index is 2.11. The molecule has 0 aliphatic carbocycles. The quantitative estimate of drug-likeness (QED) is 0.596. The zero-order valence-electron chi connectivity index (χ0n) is 16.0. The number of rotatable bonds is 8. The second-order valence-electron chi connectivity index (χ2n) is 6.91. The summed E-state index contributed by atoms with van der Waals surface area (Å²) in [4.78, 5) is 8.04. The molecule has 1 N–H and O–H groups in total. The van der Waals surface area contributed by atoms with Gasteiger partial charge in [0, 0.05) is 41.6 Å². The van der Waals surface area contributed by atoms with E-state index in [1.807, 2.05) is 45.2 Å². The van der Waals surface area contributed by atoms with Crippen molar-refractivity contribution in [3.63, 3.8) is 0 Å². The average molecular weight is 355 g/mol. The minimum atomic E-state index is -0.364. The van der Waals surface area contributed by atoms with Gasteiger partial charge in [0.15, 0.2) is 11.5 Å². The first-order valence-corrected chi connectivity index (χ1v) is 9.02. The van der Waals surface area contributed by atoms with Crippen molar-refractivity contribution in [1.82, 2.24) is 9.97 Å². The smallest absolute Gasteiger partial charge is 0.164 e. The number of nitrogens with zero attached hydrogens (tertiary/aromatic N) is 1. The third-order valence-corrected chi connectivity index (χ3v) is 4.55. The molecule has 0 saturated heterocycles. The lowest BCUT2D eigenvalue weighted by molar-refractivity contribution is 0.108. The SMILES string of the molecule is [CH2]CC(C)(C)Oc1cc2[nH]c3ccnc(CCOCC)c3c2cc1OC. The molecule has 0 spiro atoms. The van der Waals surface area contributed by atoms with Crippen molar-refractivity contribution in [2.45, 2.75) is 39.2 Å². The van der Waals surface area contributed by atoms with Crippen LogP contribution in [0.4, 0.5) is 0 Å². The summed E-state index contributed by atoms with van der Waals surface area (Å²) in [5.74, 6) is 1.42. The lowest BCUT2D eigenvalue weighted by atomic mass is 10.1. The van der Waals surface area contributed by atoms with Crippen molar-refractivity contribution in [2.75, 3.05) is 20.3 Å². The molecule has 0 bridgehead atoms. The predicted octanol–water partition coefficient (Wildman–Crippen LogP) is 4.69. The van der Waals surface area contributed by atoms with Crippen LogP contribution in [0.3, 0.4) is 0 Å². The Morgan fingerprint density at radius 3 is 2.69 bits per heavy atom. The number of nitrogens with one attached hydrogen (secondary N) is 1. The standard InChI is InChI=1S/C21H27N2O3/c1-6-21(3,4)26-19-13-17-14(12-18(19)24-5)20-15(9-11-25-7-2)22-10-8-16(20)23-17/h8,10,12-13,23H,1,6-7,9,11H2,2-5H3. The number of fused-ring (bicyclic) bond motifs is 3. The van der Waals surface area contributed by atoms with E-state index in [1.165, 1.54) is 0 Å². The van der Waals surface area contributed by atoms with Crippen molar-refractivity contribution < 1.29 is 14.2 Å². The van der Waals surface area contributed by atoms with Crippen molar-refractivity contribution >= 4 is 21.8 Å². The minimum absolute atomic E-state index is 0.364. The molecule has 1 radical (unpaired) electrons. The van der Waals surface area contributed by atoms with Crippen molar-refractivity contribution in [3.8, 4) is 11.5 Å². The summed E-state index contributed by atoms with van der Waals surface area (Å²) in [6.45, 7) is 11.4. The fraction of sp³-hybridized carbons (Fsp3) is 0.429. The molecular weight excluding hydrogens is 328 g/mol. The van der Waals surface area contributed by atoms with Gasteiger partial charge in [0.1, 0.15) is 5.60 Å². The number of hydrogen-bond donors (Lipinski definition) is 1. The summed E-state index contributed by atoms with van der Waals surface area (Å²) in [6, 6.07) is 6.01. The number of hydrogen-bond acceptors (Lipinski definition) is 4. The van der Waals surface area contributed by atoms with Crippen LogP contribution in [0.15, 0.2) is 24.4 Å². The van der Waals surface area contributed by atoms with E-state index in [4.69, 9.17) is 14.2 Å². The monoisotopic (exact) mass is 355 g/mol. The van der Waals surface area contributed by atoms with E-state index in [-0.39, 0.29) is 5.60 Å². The Morgan fingerprint density at radius 2 is 2.00 bits per heavy atom. The molecule has 0 atom stereocenters. The van der Waals surface area contributed by atoms with E-state index in [9.17, 15) is 0 Å². The maximum atomic E-state index is 6.14. The molecule has 3 rings (SSSR count). The Labute approximate surface area is 154 Å². The molecule has 1 aromatic carbocycles. The Morgan fingerprint density at radius 1 is 1.19 bits per heavy atom. The first-order chi connectivity index (χ1) is 12.5. The topological polar surface area (TPSA) is 56.4 Å². The summed E-state index contributed by atoms with van der Waals surface area (Å²) < 4.78 is 17.2. The zero-order chi connectivity index (χ0) is 18.7. The third-order valence-electron chi connectivity index (χ3n) is 4.55. The van der Waals surface area contributed by atoms with Crippen molar-refractivity contribution in [3.05, 3.63) is 37.0 Å². The molecule has 0 unspecified atom stereocenters. The van der Waals surface area contributed by atoms with Crippen LogP contribution in [0.2, 0.25) is 0 Å². The van der Waals surface area contributed by atoms with Crippen molar-refractivity contribution in [2.24, 2.45) is 0 Å². The molecule has 3 aromatic rings. The fourth-order valence-corrected chi connectivity index (χ4v) is 3.02. The molecule has 2 aromatic heterocycles. The van der Waals surface area contributed by atoms with Crippen LogP contribution in [0, 0.1) is 6.92 Å². The first-order valence-electron chi connectivity index (χ1n) is 9.02.